The highest BCUT2D eigenvalue weighted by molar-refractivity contribution is 7.07. The van der Waals surface area contributed by atoms with Crippen molar-refractivity contribution in [3.8, 4) is 17.5 Å². The van der Waals surface area contributed by atoms with Gasteiger partial charge in [0, 0.05) is 5.38 Å². The second kappa shape index (κ2) is 8.33. The Labute approximate surface area is 166 Å². The molecule has 0 saturated carbocycles. The summed E-state index contributed by atoms with van der Waals surface area (Å²) >= 11 is 1.51. The topological polar surface area (TPSA) is 66.6 Å². The van der Waals surface area contributed by atoms with Gasteiger partial charge in [0.25, 0.3) is 0 Å². The van der Waals surface area contributed by atoms with Gasteiger partial charge in [-0.05, 0) is 35.4 Å². The van der Waals surface area contributed by atoms with Gasteiger partial charge >= 0.3 is 0 Å². The van der Waals surface area contributed by atoms with Gasteiger partial charge in [0.2, 0.25) is 4.80 Å². The number of nitrogens with zero attached hydrogens (tertiary/aromatic N) is 4. The molecule has 0 aliphatic rings. The van der Waals surface area contributed by atoms with Gasteiger partial charge in [0.15, 0.2) is 5.76 Å². The summed E-state index contributed by atoms with van der Waals surface area (Å²) in [6.07, 6.45) is 3.39. The van der Waals surface area contributed by atoms with Crippen molar-refractivity contribution in [1.82, 2.24) is 4.68 Å². The van der Waals surface area contributed by atoms with E-state index in [4.69, 9.17) is 14.7 Å². The molecule has 6 heteroatoms. The SMILES string of the molecule is N#Cc1ccc(/C=N/n2c(-c3ccco3)csc2=NCc2ccccc2)cc1. The molecule has 2 aromatic heterocycles. The summed E-state index contributed by atoms with van der Waals surface area (Å²) in [7, 11) is 0. The lowest BCUT2D eigenvalue weighted by Gasteiger charge is -2.01. The van der Waals surface area contributed by atoms with Crippen LogP contribution in [0.3, 0.4) is 0 Å². The minimum Gasteiger partial charge on any atom is -0.463 e. The van der Waals surface area contributed by atoms with E-state index in [9.17, 15) is 0 Å². The zero-order valence-corrected chi connectivity index (χ0v) is 15.7. The zero-order valence-electron chi connectivity index (χ0n) is 14.9. The summed E-state index contributed by atoms with van der Waals surface area (Å²) in [4.78, 5) is 5.51. The van der Waals surface area contributed by atoms with Gasteiger partial charge in [-0.25, -0.2) is 4.68 Å². The lowest BCUT2D eigenvalue weighted by atomic mass is 10.2. The lowest BCUT2D eigenvalue weighted by Crippen LogP contribution is -2.12. The normalized spacial score (nSPS) is 11.8. The van der Waals surface area contributed by atoms with Crippen LogP contribution in [-0.4, -0.2) is 10.9 Å². The molecule has 0 fully saturated rings. The van der Waals surface area contributed by atoms with E-state index >= 15 is 0 Å². The number of furan rings is 1. The van der Waals surface area contributed by atoms with Gasteiger partial charge in [0.1, 0.15) is 5.69 Å². The van der Waals surface area contributed by atoms with Crippen LogP contribution < -0.4 is 4.80 Å². The molecular formula is C22H16N4OS. The molecule has 0 unspecified atom stereocenters. The Morgan fingerprint density at radius 1 is 1.04 bits per heavy atom. The molecule has 0 aliphatic carbocycles. The zero-order chi connectivity index (χ0) is 19.2. The summed E-state index contributed by atoms with van der Waals surface area (Å²) in [5.74, 6) is 0.731. The van der Waals surface area contributed by atoms with Crippen molar-refractivity contribution in [1.29, 1.82) is 5.26 Å². The van der Waals surface area contributed by atoms with E-state index in [-0.39, 0.29) is 0 Å². The van der Waals surface area contributed by atoms with E-state index in [1.54, 1.807) is 29.3 Å². The highest BCUT2D eigenvalue weighted by Gasteiger charge is 2.09. The second-order valence-electron chi connectivity index (χ2n) is 5.97. The average molecular weight is 384 g/mol. The van der Waals surface area contributed by atoms with Crippen LogP contribution in [0.5, 0.6) is 0 Å². The quantitative estimate of drug-likeness (QED) is 0.470. The summed E-state index contributed by atoms with van der Waals surface area (Å²) in [5.41, 5.74) is 3.50. The highest BCUT2D eigenvalue weighted by Crippen LogP contribution is 2.20. The first-order chi connectivity index (χ1) is 13.8. The summed E-state index contributed by atoms with van der Waals surface area (Å²) in [6.45, 7) is 0.575. The molecule has 2 aromatic carbocycles. The average Bonchev–Trinajstić information content (AvgIpc) is 3.41. The predicted octanol–water partition coefficient (Wildman–Crippen LogP) is 4.66. The van der Waals surface area contributed by atoms with Crippen LogP contribution in [-0.2, 0) is 6.54 Å². The molecule has 136 valence electrons. The third-order valence-electron chi connectivity index (χ3n) is 4.06. The summed E-state index contributed by atoms with van der Waals surface area (Å²) < 4.78 is 7.34. The van der Waals surface area contributed by atoms with E-state index in [0.29, 0.717) is 12.1 Å². The number of benzene rings is 2. The van der Waals surface area contributed by atoms with Crippen molar-refractivity contribution in [2.45, 2.75) is 6.54 Å². The highest BCUT2D eigenvalue weighted by atomic mass is 32.1. The van der Waals surface area contributed by atoms with Gasteiger partial charge in [-0.1, -0.05) is 42.5 Å². The monoisotopic (exact) mass is 384 g/mol. The molecule has 5 nitrogen and oxygen atoms in total. The van der Waals surface area contributed by atoms with Gasteiger partial charge in [0.05, 0.1) is 30.7 Å². The second-order valence-corrected chi connectivity index (χ2v) is 6.81. The van der Waals surface area contributed by atoms with Crippen molar-refractivity contribution in [2.75, 3.05) is 0 Å². The minimum atomic E-state index is 0.575. The molecule has 0 radical (unpaired) electrons. The molecule has 0 bridgehead atoms. The molecule has 0 aliphatic heterocycles. The van der Waals surface area contributed by atoms with Gasteiger partial charge in [-0.3, -0.25) is 4.99 Å². The third kappa shape index (κ3) is 4.00. The first-order valence-corrected chi connectivity index (χ1v) is 9.55. The van der Waals surface area contributed by atoms with Crippen LogP contribution in [0.2, 0.25) is 0 Å². The van der Waals surface area contributed by atoms with Crippen LogP contribution in [0.1, 0.15) is 16.7 Å². The van der Waals surface area contributed by atoms with Crippen LogP contribution >= 0.6 is 11.3 Å². The lowest BCUT2D eigenvalue weighted by molar-refractivity contribution is 0.575. The Kier molecular flexibility index (Phi) is 5.27. The van der Waals surface area contributed by atoms with Gasteiger partial charge in [-0.2, -0.15) is 10.4 Å². The predicted molar refractivity (Wildman–Crippen MR) is 110 cm³/mol. The molecule has 4 rings (SSSR count). The minimum absolute atomic E-state index is 0.575. The van der Waals surface area contributed by atoms with Crippen molar-refractivity contribution >= 4 is 17.6 Å². The van der Waals surface area contributed by atoms with Crippen LogP contribution in [0.25, 0.3) is 11.5 Å². The number of aromatic nitrogens is 1. The molecule has 4 aromatic rings. The Morgan fingerprint density at radius 3 is 2.57 bits per heavy atom. The van der Waals surface area contributed by atoms with E-state index in [1.165, 1.54) is 11.3 Å². The van der Waals surface area contributed by atoms with Crippen LogP contribution in [0, 0.1) is 11.3 Å². The Bertz CT molecular complexity index is 1180. The molecule has 0 atom stereocenters. The van der Waals surface area contributed by atoms with Gasteiger partial charge in [-0.15, -0.1) is 11.3 Å². The first kappa shape index (κ1) is 17.7. The number of nitriles is 1. The van der Waals surface area contributed by atoms with E-state index < -0.39 is 0 Å². The molecule has 0 amide bonds. The molecule has 0 N–H and O–H groups in total. The molecule has 0 spiro atoms. The van der Waals surface area contributed by atoms with Crippen molar-refractivity contribution in [3.05, 3.63) is 99.9 Å². The van der Waals surface area contributed by atoms with Crippen LogP contribution in [0.4, 0.5) is 0 Å². The third-order valence-corrected chi connectivity index (χ3v) is 4.91. The Balaban J connectivity index is 1.71. The molecule has 0 saturated heterocycles. The number of rotatable bonds is 5. The van der Waals surface area contributed by atoms with Gasteiger partial charge < -0.3 is 4.42 Å². The largest absolute Gasteiger partial charge is 0.463 e. The standard InChI is InChI=1S/C22H16N4OS/c23-13-17-8-10-19(11-9-17)15-25-26-20(21-7-4-12-27-21)16-28-22(26)24-14-18-5-2-1-3-6-18/h1-12,15-16H,14H2/b24-22?,25-15+. The maximum atomic E-state index is 8.93. The van der Waals surface area contributed by atoms with Crippen LogP contribution in [0.15, 0.2) is 92.9 Å². The number of hydrogen-bond acceptors (Lipinski definition) is 5. The van der Waals surface area contributed by atoms with Crippen molar-refractivity contribution < 1.29 is 4.42 Å². The van der Waals surface area contributed by atoms with Crippen molar-refractivity contribution in [2.24, 2.45) is 10.1 Å². The fourth-order valence-electron chi connectivity index (χ4n) is 2.62. The fourth-order valence-corrected chi connectivity index (χ4v) is 3.44. The summed E-state index contributed by atoms with van der Waals surface area (Å²) in [6, 6.07) is 23.2. The smallest absolute Gasteiger partial charge is 0.206 e. The summed E-state index contributed by atoms with van der Waals surface area (Å²) in [5, 5.41) is 15.5. The van der Waals surface area contributed by atoms with E-state index in [0.717, 1.165) is 27.4 Å². The molecule has 28 heavy (non-hydrogen) atoms. The Hall–Kier alpha value is -3.69. The molecular weight excluding hydrogens is 368 g/mol. The number of hydrogen-bond donors (Lipinski definition) is 0. The first-order valence-electron chi connectivity index (χ1n) is 8.67. The van der Waals surface area contributed by atoms with Crippen molar-refractivity contribution in [3.63, 3.8) is 0 Å². The number of thiazole rings is 1. The maximum absolute atomic E-state index is 8.93. The fraction of sp³-hybridized carbons (Fsp3) is 0.0455. The molecule has 2 heterocycles. The Morgan fingerprint density at radius 2 is 1.86 bits per heavy atom. The van der Waals surface area contributed by atoms with E-state index in [2.05, 4.69) is 23.3 Å². The van der Waals surface area contributed by atoms with E-state index in [1.807, 2.05) is 47.8 Å². The maximum Gasteiger partial charge on any atom is 0.206 e.